The number of β-amino-alcohol motifs (C(OH)–C–C–N with tert-alkyl or cyclic N) is 1. The Hall–Kier alpha value is -2.15. The van der Waals surface area contributed by atoms with Gasteiger partial charge in [-0.05, 0) is 62.0 Å². The van der Waals surface area contributed by atoms with Gasteiger partial charge in [0.05, 0.1) is 6.10 Å². The molecule has 0 bridgehead atoms. The van der Waals surface area contributed by atoms with E-state index < -0.39 is 6.10 Å². The molecule has 1 aromatic carbocycles. The summed E-state index contributed by atoms with van der Waals surface area (Å²) in [5, 5.41) is 10.8. The van der Waals surface area contributed by atoms with E-state index >= 15 is 0 Å². The van der Waals surface area contributed by atoms with Gasteiger partial charge in [0.2, 0.25) is 0 Å². The van der Waals surface area contributed by atoms with Crippen molar-refractivity contribution in [2.45, 2.75) is 18.9 Å². The Morgan fingerprint density at radius 1 is 1.00 bits per heavy atom. The van der Waals surface area contributed by atoms with Crippen molar-refractivity contribution in [3.05, 3.63) is 53.6 Å². The fourth-order valence-corrected chi connectivity index (χ4v) is 5.66. The summed E-state index contributed by atoms with van der Waals surface area (Å²) in [6, 6.07) is 6.30. The monoisotopic (exact) mass is 436 g/mol. The predicted molar refractivity (Wildman–Crippen MR) is 128 cm³/mol. The number of piperidine rings is 1. The number of likely N-dealkylation sites (tertiary alicyclic amines) is 1. The minimum Gasteiger partial charge on any atom is -0.390 e. The lowest BCUT2D eigenvalue weighted by atomic mass is 9.82. The summed E-state index contributed by atoms with van der Waals surface area (Å²) in [6.07, 6.45) is 10.4. The molecular formula is C26H36N4O2. The number of likely N-dealkylation sites (N-methyl/N-ethyl adjacent to an activating group) is 1. The Labute approximate surface area is 191 Å². The van der Waals surface area contributed by atoms with Gasteiger partial charge in [0.1, 0.15) is 0 Å². The summed E-state index contributed by atoms with van der Waals surface area (Å²) >= 11 is 0. The van der Waals surface area contributed by atoms with E-state index in [9.17, 15) is 9.90 Å². The van der Waals surface area contributed by atoms with Crippen LogP contribution in [0.2, 0.25) is 0 Å². The molecule has 1 aromatic rings. The first-order valence-corrected chi connectivity index (χ1v) is 12.2. The maximum Gasteiger partial charge on any atom is 0.254 e. The lowest BCUT2D eigenvalue weighted by Gasteiger charge is -2.39. The van der Waals surface area contributed by atoms with Gasteiger partial charge in [-0.3, -0.25) is 4.79 Å². The zero-order chi connectivity index (χ0) is 22.1. The third kappa shape index (κ3) is 4.63. The maximum absolute atomic E-state index is 13.1. The van der Waals surface area contributed by atoms with E-state index in [4.69, 9.17) is 0 Å². The third-order valence-electron chi connectivity index (χ3n) is 7.65. The molecule has 6 heteroatoms. The number of amides is 1. The van der Waals surface area contributed by atoms with Gasteiger partial charge in [-0.15, -0.1) is 0 Å². The number of carbonyl (C=O) groups is 1. The maximum atomic E-state index is 13.1. The number of anilines is 1. The number of benzene rings is 1. The molecule has 32 heavy (non-hydrogen) atoms. The molecule has 0 spiro atoms. The molecular weight excluding hydrogens is 400 g/mol. The van der Waals surface area contributed by atoms with Gasteiger partial charge in [0.25, 0.3) is 5.91 Å². The number of allylic oxidation sites excluding steroid dienone is 3. The molecule has 0 aromatic heterocycles. The highest BCUT2D eigenvalue weighted by Crippen LogP contribution is 2.29. The Kier molecular flexibility index (Phi) is 6.35. The van der Waals surface area contributed by atoms with E-state index in [-0.39, 0.29) is 5.91 Å². The molecule has 1 aliphatic carbocycles. The van der Waals surface area contributed by atoms with Gasteiger partial charge in [0, 0.05) is 63.6 Å². The predicted octanol–water partition coefficient (Wildman–Crippen LogP) is 1.86. The molecule has 4 aliphatic rings. The first-order chi connectivity index (χ1) is 15.6. The number of fused-ring (bicyclic) bond motifs is 2. The second kappa shape index (κ2) is 9.38. The summed E-state index contributed by atoms with van der Waals surface area (Å²) in [5.74, 6) is 1.26. The van der Waals surface area contributed by atoms with Crippen LogP contribution in [0.15, 0.2) is 42.5 Å². The van der Waals surface area contributed by atoms with Crippen molar-refractivity contribution in [3.63, 3.8) is 0 Å². The van der Waals surface area contributed by atoms with E-state index in [2.05, 4.69) is 58.2 Å². The Morgan fingerprint density at radius 2 is 1.78 bits per heavy atom. The van der Waals surface area contributed by atoms with E-state index in [0.717, 1.165) is 63.2 Å². The minimum absolute atomic E-state index is 0.0642. The van der Waals surface area contributed by atoms with Crippen LogP contribution < -0.4 is 4.90 Å². The summed E-state index contributed by atoms with van der Waals surface area (Å²) in [4.78, 5) is 22.1. The van der Waals surface area contributed by atoms with Crippen molar-refractivity contribution in [1.29, 1.82) is 0 Å². The first kappa shape index (κ1) is 21.7. The standard InChI is InChI=1S/C26H36N4O2/c1-27-12-14-29(15-13-27)23-6-7-25-21(16-23)9-11-30(26(25)32)19-24(31)18-28-10-8-20-4-2-3-5-22(20)17-28/h2-7,16,20,22,24,31H,8-15,17-19H2,1H3. The molecule has 5 rings (SSSR count). The lowest BCUT2D eigenvalue weighted by Crippen LogP contribution is -2.48. The first-order valence-electron chi connectivity index (χ1n) is 12.2. The van der Waals surface area contributed by atoms with Crippen LogP contribution in [0.3, 0.4) is 0 Å². The average Bonchev–Trinajstić information content (AvgIpc) is 2.81. The van der Waals surface area contributed by atoms with Crippen LogP contribution in [0.1, 0.15) is 22.3 Å². The number of hydrogen-bond donors (Lipinski definition) is 1. The second-order valence-electron chi connectivity index (χ2n) is 9.93. The zero-order valence-electron chi connectivity index (χ0n) is 19.2. The number of hydrogen-bond acceptors (Lipinski definition) is 5. The van der Waals surface area contributed by atoms with E-state index in [1.807, 2.05) is 11.0 Å². The van der Waals surface area contributed by atoms with Crippen molar-refractivity contribution < 1.29 is 9.90 Å². The molecule has 1 amide bonds. The van der Waals surface area contributed by atoms with Crippen LogP contribution >= 0.6 is 0 Å². The number of piperazine rings is 1. The fraction of sp³-hybridized carbons (Fsp3) is 0.577. The largest absolute Gasteiger partial charge is 0.390 e. The highest BCUT2D eigenvalue weighted by atomic mass is 16.3. The van der Waals surface area contributed by atoms with Crippen LogP contribution in [-0.2, 0) is 6.42 Å². The molecule has 172 valence electrons. The molecule has 3 aliphatic heterocycles. The van der Waals surface area contributed by atoms with Gasteiger partial charge in [0.15, 0.2) is 0 Å². The van der Waals surface area contributed by atoms with Gasteiger partial charge in [-0.2, -0.15) is 0 Å². The van der Waals surface area contributed by atoms with Crippen LogP contribution in [0.4, 0.5) is 5.69 Å². The number of rotatable bonds is 5. The van der Waals surface area contributed by atoms with E-state index in [1.54, 1.807) is 0 Å². The molecule has 3 unspecified atom stereocenters. The normalized spacial score (nSPS) is 27.4. The molecule has 1 N–H and O–H groups in total. The zero-order valence-corrected chi connectivity index (χ0v) is 19.2. The molecule has 2 saturated heterocycles. The summed E-state index contributed by atoms with van der Waals surface area (Å²) in [5.41, 5.74) is 3.19. The molecule has 0 radical (unpaired) electrons. The van der Waals surface area contributed by atoms with Crippen molar-refractivity contribution in [1.82, 2.24) is 14.7 Å². The smallest absolute Gasteiger partial charge is 0.254 e. The summed E-state index contributed by atoms with van der Waals surface area (Å²) in [6.45, 7) is 7.97. The highest BCUT2D eigenvalue weighted by molar-refractivity contribution is 5.97. The van der Waals surface area contributed by atoms with E-state index in [1.165, 1.54) is 5.69 Å². The Balaban J connectivity index is 1.17. The summed E-state index contributed by atoms with van der Waals surface area (Å²) in [7, 11) is 2.16. The highest BCUT2D eigenvalue weighted by Gasteiger charge is 2.30. The van der Waals surface area contributed by atoms with Crippen LogP contribution in [0.5, 0.6) is 0 Å². The number of carbonyl (C=O) groups excluding carboxylic acids is 1. The number of nitrogens with zero attached hydrogens (tertiary/aromatic N) is 4. The molecule has 2 fully saturated rings. The van der Waals surface area contributed by atoms with Crippen LogP contribution in [-0.4, -0.2) is 97.8 Å². The van der Waals surface area contributed by atoms with Gasteiger partial charge in [-0.1, -0.05) is 24.3 Å². The molecule has 0 saturated carbocycles. The van der Waals surface area contributed by atoms with Crippen molar-refractivity contribution in [3.8, 4) is 0 Å². The average molecular weight is 437 g/mol. The third-order valence-corrected chi connectivity index (χ3v) is 7.65. The molecule has 6 nitrogen and oxygen atoms in total. The Bertz CT molecular complexity index is 890. The van der Waals surface area contributed by atoms with Crippen LogP contribution in [0, 0.1) is 11.8 Å². The van der Waals surface area contributed by atoms with Crippen LogP contribution in [0.25, 0.3) is 0 Å². The quantitative estimate of drug-likeness (QED) is 0.764. The lowest BCUT2D eigenvalue weighted by molar-refractivity contribution is 0.0431. The second-order valence-corrected chi connectivity index (χ2v) is 9.93. The van der Waals surface area contributed by atoms with Crippen molar-refractivity contribution >= 4 is 11.6 Å². The molecule has 3 heterocycles. The van der Waals surface area contributed by atoms with Gasteiger partial charge < -0.3 is 24.7 Å². The summed E-state index contributed by atoms with van der Waals surface area (Å²) < 4.78 is 0. The van der Waals surface area contributed by atoms with Gasteiger partial charge in [-0.25, -0.2) is 0 Å². The Morgan fingerprint density at radius 3 is 2.59 bits per heavy atom. The molecule has 3 atom stereocenters. The van der Waals surface area contributed by atoms with E-state index in [0.29, 0.717) is 31.5 Å². The topological polar surface area (TPSA) is 50.3 Å². The minimum atomic E-state index is -0.509. The van der Waals surface area contributed by atoms with Crippen molar-refractivity contribution in [2.24, 2.45) is 11.8 Å². The van der Waals surface area contributed by atoms with Crippen molar-refractivity contribution in [2.75, 3.05) is 70.9 Å². The number of aliphatic hydroxyl groups is 1. The number of aliphatic hydroxyl groups excluding tert-OH is 1. The SMILES string of the molecule is CN1CCN(c2ccc3c(c2)CCN(CC(O)CN2CCC4C=CC=CC4C2)C3=O)CC1. The van der Waals surface area contributed by atoms with Gasteiger partial charge >= 0.3 is 0 Å². The fourth-order valence-electron chi connectivity index (χ4n) is 5.66.